The molecule has 0 aromatic rings. The molecule has 0 fully saturated rings. The largest absolute Gasteiger partial charge is 0.462 e. The van der Waals surface area contributed by atoms with Crippen molar-refractivity contribution in [3.63, 3.8) is 0 Å². The van der Waals surface area contributed by atoms with Crippen LogP contribution < -0.4 is 0 Å². The van der Waals surface area contributed by atoms with Crippen LogP contribution in [-0.4, -0.2) is 37.2 Å². The van der Waals surface area contributed by atoms with Gasteiger partial charge in [0.25, 0.3) is 0 Å². The first kappa shape index (κ1) is 77.9. The summed E-state index contributed by atoms with van der Waals surface area (Å²) in [6.07, 6.45) is 91.4. The summed E-state index contributed by atoms with van der Waals surface area (Å²) in [5.74, 6) is -0.865. The molecule has 0 aromatic heterocycles. The summed E-state index contributed by atoms with van der Waals surface area (Å²) in [5.41, 5.74) is 0. The van der Waals surface area contributed by atoms with Crippen LogP contribution in [-0.2, 0) is 28.6 Å². The molecule has 0 bridgehead atoms. The molecule has 0 aromatic carbocycles. The number of hydrogen-bond acceptors (Lipinski definition) is 6. The lowest BCUT2D eigenvalue weighted by molar-refractivity contribution is -0.167. The standard InChI is InChI=1S/C75H134O6/c1-4-7-10-13-15-17-19-21-23-25-27-29-31-33-35-36-37-38-40-41-43-45-47-49-51-53-55-57-59-62-65-68-74(77)80-71-72(70-79-73(76)67-64-61-12-9-6-3)81-75(78)69-66-63-60-58-56-54-52-50-48-46-44-42-39-34-32-30-28-26-24-22-20-18-16-14-11-8-5-2/h7,10,15,17,20-23,26-29,72H,4-6,8-9,11-14,16,18-19,24-25,30-71H2,1-3H3/b10-7-,17-15-,22-20-,23-21-,28-26-,29-27-. The van der Waals surface area contributed by atoms with Gasteiger partial charge in [0.1, 0.15) is 13.2 Å². The molecular weight excluding hydrogens is 997 g/mol. The second-order valence-electron chi connectivity index (χ2n) is 23.8. The molecule has 6 nitrogen and oxygen atoms in total. The van der Waals surface area contributed by atoms with Crippen LogP contribution in [0.1, 0.15) is 367 Å². The molecule has 1 unspecified atom stereocenters. The van der Waals surface area contributed by atoms with Gasteiger partial charge in [-0.2, -0.15) is 0 Å². The Hall–Kier alpha value is -3.15. The van der Waals surface area contributed by atoms with Gasteiger partial charge in [-0.05, 0) is 89.9 Å². The van der Waals surface area contributed by atoms with Crippen LogP contribution >= 0.6 is 0 Å². The predicted molar refractivity (Wildman–Crippen MR) is 353 cm³/mol. The van der Waals surface area contributed by atoms with Gasteiger partial charge in [0, 0.05) is 19.3 Å². The molecule has 6 heteroatoms. The van der Waals surface area contributed by atoms with E-state index >= 15 is 0 Å². The van der Waals surface area contributed by atoms with Gasteiger partial charge >= 0.3 is 17.9 Å². The van der Waals surface area contributed by atoms with E-state index in [2.05, 4.69) is 93.7 Å². The summed E-state index contributed by atoms with van der Waals surface area (Å²) >= 11 is 0. The van der Waals surface area contributed by atoms with E-state index in [1.54, 1.807) is 0 Å². The third-order valence-corrected chi connectivity index (χ3v) is 15.7. The number of carbonyl (C=O) groups is 3. The van der Waals surface area contributed by atoms with Crippen molar-refractivity contribution in [3.05, 3.63) is 72.9 Å². The number of allylic oxidation sites excluding steroid dienone is 12. The van der Waals surface area contributed by atoms with Gasteiger partial charge in [-0.3, -0.25) is 14.4 Å². The molecule has 0 radical (unpaired) electrons. The molecule has 0 aliphatic carbocycles. The maximum atomic E-state index is 12.9. The normalized spacial score (nSPS) is 12.5. The SMILES string of the molecule is CC/C=C\C/C=C\C/C=C\C/C=C\CCCCCCCCCCCCCCCCCCCCC(=O)OCC(COC(=O)CCCCCCC)OC(=O)CCCCCCCCCCCCCCCCC/C=C\C/C=C\CCCCCCC. The van der Waals surface area contributed by atoms with Crippen LogP contribution in [0, 0.1) is 0 Å². The highest BCUT2D eigenvalue weighted by atomic mass is 16.6. The predicted octanol–water partition coefficient (Wildman–Crippen LogP) is 24.4. The second kappa shape index (κ2) is 69.3. The fraction of sp³-hybridized carbons (Fsp3) is 0.800. The van der Waals surface area contributed by atoms with Gasteiger partial charge in [-0.25, -0.2) is 0 Å². The summed E-state index contributed by atoms with van der Waals surface area (Å²) in [5, 5.41) is 0. The Kier molecular flexibility index (Phi) is 66.6. The van der Waals surface area contributed by atoms with Gasteiger partial charge in [0.15, 0.2) is 6.10 Å². The fourth-order valence-corrected chi connectivity index (χ4v) is 10.4. The van der Waals surface area contributed by atoms with Crippen LogP contribution in [0.3, 0.4) is 0 Å². The van der Waals surface area contributed by atoms with E-state index in [-0.39, 0.29) is 31.1 Å². The first-order chi connectivity index (χ1) is 40.0. The van der Waals surface area contributed by atoms with Crippen molar-refractivity contribution in [1.29, 1.82) is 0 Å². The monoisotopic (exact) mass is 1130 g/mol. The average molecular weight is 1130 g/mol. The Balaban J connectivity index is 3.94. The molecule has 0 spiro atoms. The quantitative estimate of drug-likeness (QED) is 0.0261. The third kappa shape index (κ3) is 67.5. The highest BCUT2D eigenvalue weighted by Crippen LogP contribution is 2.18. The molecule has 470 valence electrons. The zero-order valence-corrected chi connectivity index (χ0v) is 54.1. The molecule has 81 heavy (non-hydrogen) atoms. The lowest BCUT2D eigenvalue weighted by Crippen LogP contribution is -2.30. The van der Waals surface area contributed by atoms with Crippen molar-refractivity contribution < 1.29 is 28.6 Å². The van der Waals surface area contributed by atoms with Crippen molar-refractivity contribution in [1.82, 2.24) is 0 Å². The number of unbranched alkanes of at least 4 members (excludes halogenated alkanes) is 42. The number of esters is 3. The Morgan fingerprint density at radius 2 is 0.481 bits per heavy atom. The van der Waals surface area contributed by atoms with Gasteiger partial charge in [-0.15, -0.1) is 0 Å². The summed E-state index contributed by atoms with van der Waals surface area (Å²) in [7, 11) is 0. The first-order valence-electron chi connectivity index (χ1n) is 35.4. The second-order valence-corrected chi connectivity index (χ2v) is 23.8. The molecule has 0 saturated heterocycles. The van der Waals surface area contributed by atoms with Crippen LogP contribution in [0.15, 0.2) is 72.9 Å². The number of carbonyl (C=O) groups excluding carboxylic acids is 3. The van der Waals surface area contributed by atoms with Gasteiger partial charge in [0.05, 0.1) is 0 Å². The molecule has 0 aliphatic heterocycles. The number of ether oxygens (including phenoxy) is 3. The van der Waals surface area contributed by atoms with E-state index in [0.717, 1.165) is 96.3 Å². The number of hydrogen-bond donors (Lipinski definition) is 0. The lowest BCUT2D eigenvalue weighted by atomic mass is 10.0. The topological polar surface area (TPSA) is 78.9 Å². The Morgan fingerprint density at radius 1 is 0.259 bits per heavy atom. The molecule has 0 heterocycles. The molecule has 0 N–H and O–H groups in total. The van der Waals surface area contributed by atoms with Crippen LogP contribution in [0.5, 0.6) is 0 Å². The molecule has 1 atom stereocenters. The smallest absolute Gasteiger partial charge is 0.306 e. The van der Waals surface area contributed by atoms with Gasteiger partial charge in [0.2, 0.25) is 0 Å². The average Bonchev–Trinajstić information content (AvgIpc) is 3.47. The Morgan fingerprint density at radius 3 is 0.753 bits per heavy atom. The van der Waals surface area contributed by atoms with E-state index < -0.39 is 6.10 Å². The van der Waals surface area contributed by atoms with E-state index in [1.807, 2.05) is 0 Å². The molecule has 0 aliphatic rings. The van der Waals surface area contributed by atoms with E-state index in [4.69, 9.17) is 14.2 Å². The van der Waals surface area contributed by atoms with E-state index in [9.17, 15) is 14.4 Å². The minimum atomic E-state index is -0.770. The maximum Gasteiger partial charge on any atom is 0.306 e. The summed E-state index contributed by atoms with van der Waals surface area (Å²) in [6.45, 7) is 6.48. The molecular formula is C75H134O6. The van der Waals surface area contributed by atoms with Crippen molar-refractivity contribution in [2.75, 3.05) is 13.2 Å². The summed E-state index contributed by atoms with van der Waals surface area (Å²) in [4.78, 5) is 38.0. The van der Waals surface area contributed by atoms with Gasteiger partial charge in [-0.1, -0.05) is 331 Å². The minimum absolute atomic E-state index is 0.0705. The molecule has 0 amide bonds. The first-order valence-corrected chi connectivity index (χ1v) is 35.4. The van der Waals surface area contributed by atoms with E-state index in [0.29, 0.717) is 19.3 Å². The molecule has 0 saturated carbocycles. The lowest BCUT2D eigenvalue weighted by Gasteiger charge is -2.18. The van der Waals surface area contributed by atoms with E-state index in [1.165, 1.54) is 231 Å². The van der Waals surface area contributed by atoms with Crippen molar-refractivity contribution in [2.45, 2.75) is 374 Å². The minimum Gasteiger partial charge on any atom is -0.462 e. The highest BCUT2D eigenvalue weighted by Gasteiger charge is 2.19. The molecule has 0 rings (SSSR count). The third-order valence-electron chi connectivity index (χ3n) is 15.7. The Labute approximate surface area is 503 Å². The van der Waals surface area contributed by atoms with Crippen molar-refractivity contribution in [3.8, 4) is 0 Å². The van der Waals surface area contributed by atoms with Gasteiger partial charge < -0.3 is 14.2 Å². The summed E-state index contributed by atoms with van der Waals surface area (Å²) in [6, 6.07) is 0. The van der Waals surface area contributed by atoms with Crippen LogP contribution in [0.2, 0.25) is 0 Å². The fourth-order valence-electron chi connectivity index (χ4n) is 10.4. The van der Waals surface area contributed by atoms with Crippen LogP contribution in [0.25, 0.3) is 0 Å². The zero-order chi connectivity index (χ0) is 58.5. The highest BCUT2D eigenvalue weighted by molar-refractivity contribution is 5.71. The van der Waals surface area contributed by atoms with Crippen molar-refractivity contribution in [2.24, 2.45) is 0 Å². The zero-order valence-electron chi connectivity index (χ0n) is 54.1. The van der Waals surface area contributed by atoms with Crippen molar-refractivity contribution >= 4 is 17.9 Å². The van der Waals surface area contributed by atoms with Crippen LogP contribution in [0.4, 0.5) is 0 Å². The summed E-state index contributed by atoms with van der Waals surface area (Å²) < 4.78 is 16.8. The Bertz CT molecular complexity index is 1490. The number of rotatable bonds is 65. The maximum absolute atomic E-state index is 12.9.